The molecule has 20 heteroatoms. The number of rotatable bonds is 14. The Labute approximate surface area is 538 Å². The van der Waals surface area contributed by atoms with E-state index in [9.17, 15) is 63.3 Å². The first-order chi connectivity index (χ1) is 42.0. The van der Waals surface area contributed by atoms with E-state index in [2.05, 4.69) is 192 Å². The number of benzene rings is 8. The van der Waals surface area contributed by atoms with Crippen LogP contribution in [0, 0.1) is 6.92 Å². The SMILES string of the molecule is CC(C)(C)c1cc(C(=O)OCC(F)(F)S(=O)(=O)[O-])cc(C(C)(C)C)c1O.CC(C)(C)c1cc(C(=O)OCC(F)(F)S(=O)(=O)[O-])cc(C(C)(C)C)c1O.Cc1ccc([S+](c2ccccc2)c2ccccc2)cc1.c1ccc([S+](c2ccccc2)c2ccccc2)cc1. The molecule has 2 N–H and O–H groups in total. The number of ether oxygens (including phenoxy) is 2. The summed E-state index contributed by atoms with van der Waals surface area (Å²) in [5.74, 6) is -2.48. The lowest BCUT2D eigenvalue weighted by molar-refractivity contribution is -0.0101. The highest BCUT2D eigenvalue weighted by atomic mass is 32.2. The molecule has 8 rings (SSSR count). The van der Waals surface area contributed by atoms with Crippen molar-refractivity contribution in [1.29, 1.82) is 0 Å². The van der Waals surface area contributed by atoms with Gasteiger partial charge < -0.3 is 28.8 Å². The lowest BCUT2D eigenvalue weighted by atomic mass is 9.78. The monoisotopic (exact) mass is 1330 g/mol. The topological polar surface area (TPSA) is 207 Å². The Morgan fingerprint density at radius 2 is 0.582 bits per heavy atom. The first-order valence-electron chi connectivity index (χ1n) is 28.6. The summed E-state index contributed by atoms with van der Waals surface area (Å²) in [6.45, 7) is 19.9. The van der Waals surface area contributed by atoms with Crippen LogP contribution in [0.15, 0.2) is 230 Å². The molecule has 0 spiro atoms. The van der Waals surface area contributed by atoms with Crippen LogP contribution in [0.2, 0.25) is 0 Å². The highest BCUT2D eigenvalue weighted by Crippen LogP contribution is 2.42. The third-order valence-corrected chi connectivity index (χ3v) is 19.7. The van der Waals surface area contributed by atoms with Crippen LogP contribution in [-0.2, 0) is 73.2 Å². The summed E-state index contributed by atoms with van der Waals surface area (Å²) in [7, 11) is -11.9. The summed E-state index contributed by atoms with van der Waals surface area (Å²) in [4.78, 5) is 32.5. The zero-order chi connectivity index (χ0) is 68.1. The molecule has 0 amide bonds. The Morgan fingerprint density at radius 3 is 0.769 bits per heavy atom. The molecule has 0 aliphatic rings. The maximum absolute atomic E-state index is 13.2. The molecule has 0 atom stereocenters. The van der Waals surface area contributed by atoms with Gasteiger partial charge in [0.05, 0.1) is 32.9 Å². The molecule has 486 valence electrons. The minimum absolute atomic E-state index is 0.0146. The van der Waals surface area contributed by atoms with Crippen LogP contribution in [0.25, 0.3) is 0 Å². The smallest absolute Gasteiger partial charge is 0.367 e. The van der Waals surface area contributed by atoms with E-state index < -0.39 is 77.6 Å². The molecule has 8 aromatic carbocycles. The molecule has 0 unspecified atom stereocenters. The molecule has 0 bridgehead atoms. The molecule has 8 aromatic rings. The predicted molar refractivity (Wildman–Crippen MR) is 349 cm³/mol. The largest absolute Gasteiger partial charge is 0.743 e. The van der Waals surface area contributed by atoms with Crippen LogP contribution in [0.3, 0.4) is 0 Å². The van der Waals surface area contributed by atoms with Gasteiger partial charge in [0, 0.05) is 22.3 Å². The number of hydrogen-bond acceptors (Lipinski definition) is 12. The molecule has 91 heavy (non-hydrogen) atoms. The Bertz CT molecular complexity index is 3590. The van der Waals surface area contributed by atoms with Crippen LogP contribution in [0.5, 0.6) is 11.5 Å². The molecule has 0 radical (unpaired) electrons. The molecule has 0 fully saturated rings. The van der Waals surface area contributed by atoms with Gasteiger partial charge in [0.25, 0.3) is 0 Å². The molecule has 12 nitrogen and oxygen atoms in total. The number of alkyl halides is 4. The van der Waals surface area contributed by atoms with E-state index in [1.165, 1.54) is 59.2 Å². The molecule has 0 saturated carbocycles. The Kier molecular flexibility index (Phi) is 24.7. The normalized spacial score (nSPS) is 12.3. The molecule has 0 saturated heterocycles. The van der Waals surface area contributed by atoms with E-state index >= 15 is 0 Å². The van der Waals surface area contributed by atoms with Gasteiger partial charge in [-0.15, -0.1) is 0 Å². The summed E-state index contributed by atoms with van der Waals surface area (Å²) < 4.78 is 124. The Balaban J connectivity index is 0.000000222. The average Bonchev–Trinajstić information content (AvgIpc) is 0.805. The van der Waals surface area contributed by atoms with Crippen LogP contribution in [0.4, 0.5) is 17.6 Å². The van der Waals surface area contributed by atoms with E-state index in [4.69, 9.17) is 0 Å². The molecule has 0 aliphatic carbocycles. The van der Waals surface area contributed by atoms with Crippen LogP contribution >= 0.6 is 0 Å². The van der Waals surface area contributed by atoms with Gasteiger partial charge >= 0.3 is 22.4 Å². The first-order valence-corrected chi connectivity index (χ1v) is 33.9. The molecule has 0 heterocycles. The summed E-state index contributed by atoms with van der Waals surface area (Å²) >= 11 is 0. The fourth-order valence-electron chi connectivity index (χ4n) is 8.68. The van der Waals surface area contributed by atoms with Crippen molar-refractivity contribution in [2.45, 2.75) is 152 Å². The van der Waals surface area contributed by atoms with E-state index in [-0.39, 0.29) is 44.4 Å². The van der Waals surface area contributed by atoms with Crippen molar-refractivity contribution >= 4 is 54.0 Å². The maximum atomic E-state index is 13.2. The summed E-state index contributed by atoms with van der Waals surface area (Å²) in [6.07, 6.45) is 0. The lowest BCUT2D eigenvalue weighted by Crippen LogP contribution is -2.34. The lowest BCUT2D eigenvalue weighted by Gasteiger charge is -2.28. The zero-order valence-electron chi connectivity index (χ0n) is 53.1. The van der Waals surface area contributed by atoms with Gasteiger partial charge in [0.15, 0.2) is 62.8 Å². The van der Waals surface area contributed by atoms with Crippen LogP contribution in [-0.4, -0.2) is 71.8 Å². The number of carbonyl (C=O) groups is 2. The van der Waals surface area contributed by atoms with Gasteiger partial charge in [-0.1, -0.05) is 192 Å². The summed E-state index contributed by atoms with van der Waals surface area (Å²) in [5, 5.41) is 11.6. The maximum Gasteiger partial charge on any atom is 0.367 e. The average molecular weight is 1330 g/mol. The molecule has 0 aliphatic heterocycles. The van der Waals surface area contributed by atoms with Gasteiger partial charge in [-0.3, -0.25) is 0 Å². The molecular weight excluding hydrogens is 1250 g/mol. The van der Waals surface area contributed by atoms with Crippen molar-refractivity contribution in [2.24, 2.45) is 0 Å². The number of phenolic OH excluding ortho intramolecular Hbond substituents is 2. The van der Waals surface area contributed by atoms with Gasteiger partial charge in [-0.25, -0.2) is 26.4 Å². The Hall–Kier alpha value is -7.46. The number of esters is 2. The Morgan fingerprint density at radius 1 is 0.385 bits per heavy atom. The van der Waals surface area contributed by atoms with E-state index in [1.54, 1.807) is 83.1 Å². The second-order valence-electron chi connectivity index (χ2n) is 25.2. The number of halogens is 4. The van der Waals surface area contributed by atoms with Crippen LogP contribution < -0.4 is 0 Å². The van der Waals surface area contributed by atoms with Crippen molar-refractivity contribution in [3.63, 3.8) is 0 Å². The minimum atomic E-state index is -5.95. The highest BCUT2D eigenvalue weighted by Gasteiger charge is 2.41. The zero-order valence-corrected chi connectivity index (χ0v) is 56.4. The number of aryl methyl sites for hydroxylation is 1. The standard InChI is InChI=1S/C19H17S.C18H15S.2C17H24F2O6S/c1-16-12-14-19(15-13-16)20(17-8-4-2-5-9-17)18-10-6-3-7-11-18;1-4-10-16(11-5-1)19(17-12-6-2-7-13-17)18-14-8-3-9-15-18;2*1-15(2,3)11-7-10(8-12(13(11)20)16(4,5)6)14(21)25-9-17(18,19)26(22,23)24/h2-15H,1H3;1-15H;2*7-8,20H,9H2,1-6H3,(H,22,23,24)/q2*+1;;/p-2. The van der Waals surface area contributed by atoms with Crippen molar-refractivity contribution < 1.29 is 72.8 Å². The second kappa shape index (κ2) is 30.3. The third kappa shape index (κ3) is 20.8. The number of aromatic hydroxyl groups is 2. The quantitative estimate of drug-likeness (QED) is 0.0451. The van der Waals surface area contributed by atoms with Crippen LogP contribution in [0.1, 0.15) is 132 Å². The van der Waals surface area contributed by atoms with Gasteiger partial charge in [-0.2, -0.15) is 17.6 Å². The molecule has 0 aromatic heterocycles. The summed E-state index contributed by atoms with van der Waals surface area (Å²) in [6, 6.07) is 67.7. The fraction of sp³-hybridized carbons (Fsp3) is 0.296. The predicted octanol–water partition coefficient (Wildman–Crippen LogP) is 16.4. The van der Waals surface area contributed by atoms with Gasteiger partial charge in [0.1, 0.15) is 11.5 Å². The first kappa shape index (κ1) is 74.3. The van der Waals surface area contributed by atoms with Crippen molar-refractivity contribution in [3.8, 4) is 11.5 Å². The highest BCUT2D eigenvalue weighted by molar-refractivity contribution is 7.97. The minimum Gasteiger partial charge on any atom is -0.743 e. The number of hydrogen-bond donors (Lipinski definition) is 2. The fourth-order valence-corrected chi connectivity index (χ4v) is 13.3. The number of carbonyl (C=O) groups excluding carboxylic acids is 2. The van der Waals surface area contributed by atoms with E-state index in [1.807, 2.05) is 0 Å². The number of phenols is 2. The van der Waals surface area contributed by atoms with E-state index in [0.717, 1.165) is 0 Å². The van der Waals surface area contributed by atoms with Crippen molar-refractivity contribution in [3.05, 3.63) is 239 Å². The van der Waals surface area contributed by atoms with Crippen molar-refractivity contribution in [2.75, 3.05) is 13.2 Å². The van der Waals surface area contributed by atoms with Crippen molar-refractivity contribution in [1.82, 2.24) is 0 Å². The van der Waals surface area contributed by atoms with E-state index in [0.29, 0.717) is 22.3 Å². The van der Waals surface area contributed by atoms with Gasteiger partial charge in [0.2, 0.25) is 0 Å². The van der Waals surface area contributed by atoms with Gasteiger partial charge in [-0.05, 0) is 126 Å². The second-order valence-corrected chi connectivity index (χ2v) is 32.2. The molecular formula is C71H78F4O12S4. The third-order valence-electron chi connectivity index (χ3n) is 13.5. The summed E-state index contributed by atoms with van der Waals surface area (Å²) in [5.41, 5.74) is 0.392.